The van der Waals surface area contributed by atoms with Gasteiger partial charge in [0.1, 0.15) is 0 Å². The van der Waals surface area contributed by atoms with Crippen molar-refractivity contribution >= 4 is 10.8 Å². The zero-order valence-corrected chi connectivity index (χ0v) is 33.2. The summed E-state index contributed by atoms with van der Waals surface area (Å²) < 4.78 is 0. The van der Waals surface area contributed by atoms with Crippen LogP contribution in [0.15, 0.2) is 182 Å². The summed E-state index contributed by atoms with van der Waals surface area (Å²) in [5.41, 5.74) is 20.3. The minimum absolute atomic E-state index is 0.0432. The third-order valence-corrected chi connectivity index (χ3v) is 12.9. The predicted molar refractivity (Wildman–Crippen MR) is 242 cm³/mol. The van der Waals surface area contributed by atoms with Crippen LogP contribution in [0.3, 0.4) is 0 Å². The van der Waals surface area contributed by atoms with E-state index in [2.05, 4.69) is 204 Å². The van der Waals surface area contributed by atoms with E-state index in [4.69, 9.17) is 9.97 Å². The smallest absolute Gasteiger partial charge is 0.160 e. The Balaban J connectivity index is 1.06. The van der Waals surface area contributed by atoms with Crippen LogP contribution in [0.1, 0.15) is 49.9 Å². The maximum atomic E-state index is 5.30. The molecule has 0 saturated carbocycles. The number of fused-ring (bicyclic) bond motifs is 7. The Morgan fingerprint density at radius 1 is 0.310 bits per heavy atom. The number of hydrogen-bond acceptors (Lipinski definition) is 2. The molecule has 0 amide bonds. The lowest BCUT2D eigenvalue weighted by Gasteiger charge is -2.22. The summed E-state index contributed by atoms with van der Waals surface area (Å²) in [5.74, 6) is 0.709. The van der Waals surface area contributed by atoms with Gasteiger partial charge in [-0.05, 0) is 108 Å². The quantitative estimate of drug-likeness (QED) is 0.175. The van der Waals surface area contributed by atoms with Gasteiger partial charge in [-0.3, -0.25) is 0 Å². The maximum absolute atomic E-state index is 5.30. The number of hydrogen-bond donors (Lipinski definition) is 0. The van der Waals surface area contributed by atoms with E-state index in [0.29, 0.717) is 5.82 Å². The Hall–Kier alpha value is -6.90. The molecule has 11 rings (SSSR count). The highest BCUT2D eigenvalue weighted by Gasteiger charge is 2.38. The van der Waals surface area contributed by atoms with E-state index in [0.717, 1.165) is 33.6 Å². The molecule has 2 nitrogen and oxygen atoms in total. The first-order chi connectivity index (χ1) is 28.3. The molecule has 0 spiro atoms. The predicted octanol–water partition coefficient (Wildman–Crippen LogP) is 14.6. The number of aromatic nitrogens is 2. The van der Waals surface area contributed by atoms with E-state index in [1.807, 2.05) is 6.07 Å². The third-order valence-electron chi connectivity index (χ3n) is 12.9. The zero-order chi connectivity index (χ0) is 39.2. The van der Waals surface area contributed by atoms with Crippen LogP contribution in [0.25, 0.3) is 89.2 Å². The Bertz CT molecular complexity index is 3110. The van der Waals surface area contributed by atoms with Gasteiger partial charge in [0.05, 0.1) is 11.4 Å². The van der Waals surface area contributed by atoms with Crippen molar-refractivity contribution in [2.75, 3.05) is 0 Å². The van der Waals surface area contributed by atoms with Crippen LogP contribution >= 0.6 is 0 Å². The molecule has 0 saturated heterocycles. The van der Waals surface area contributed by atoms with Gasteiger partial charge in [-0.15, -0.1) is 0 Å². The second kappa shape index (κ2) is 12.8. The first-order valence-electron chi connectivity index (χ1n) is 20.3. The highest BCUT2D eigenvalue weighted by Crippen LogP contribution is 2.54. The summed E-state index contributed by atoms with van der Waals surface area (Å²) in [6, 6.07) is 66.3. The van der Waals surface area contributed by atoms with Crippen LogP contribution in [0.4, 0.5) is 0 Å². The Kier molecular flexibility index (Phi) is 7.59. The topological polar surface area (TPSA) is 25.8 Å². The number of benzene rings is 8. The van der Waals surface area contributed by atoms with E-state index in [1.165, 1.54) is 72.0 Å². The Labute approximate surface area is 340 Å². The fraction of sp³-hybridized carbons (Fsp3) is 0.107. The van der Waals surface area contributed by atoms with Crippen molar-refractivity contribution in [3.8, 4) is 78.4 Å². The van der Waals surface area contributed by atoms with E-state index in [-0.39, 0.29) is 10.8 Å². The summed E-state index contributed by atoms with van der Waals surface area (Å²) in [6.45, 7) is 9.39. The molecule has 0 fully saturated rings. The summed E-state index contributed by atoms with van der Waals surface area (Å²) >= 11 is 0. The van der Waals surface area contributed by atoms with Crippen LogP contribution in [-0.2, 0) is 10.8 Å². The molecule has 2 aliphatic rings. The van der Waals surface area contributed by atoms with Gasteiger partial charge in [-0.2, -0.15) is 0 Å². The monoisotopic (exact) mass is 742 g/mol. The number of nitrogens with zero attached hydrogens (tertiary/aromatic N) is 2. The Morgan fingerprint density at radius 2 is 0.879 bits per heavy atom. The summed E-state index contributed by atoms with van der Waals surface area (Å²) in [6.07, 6.45) is 0. The normalized spacial score (nSPS) is 14.1. The van der Waals surface area contributed by atoms with Gasteiger partial charge in [0, 0.05) is 27.5 Å². The molecule has 9 aromatic rings. The fourth-order valence-corrected chi connectivity index (χ4v) is 9.85. The van der Waals surface area contributed by atoms with Crippen molar-refractivity contribution in [2.24, 2.45) is 0 Å². The third kappa shape index (κ3) is 5.25. The molecule has 58 heavy (non-hydrogen) atoms. The van der Waals surface area contributed by atoms with Crippen LogP contribution in [0.2, 0.25) is 0 Å². The SMILES string of the molecule is CC1(C)c2ccccc2-c2cc(-c3ccccc3-c3cc(-c4cccc(-c5cccc6c5-c5cc7ccccc7cc5C6(C)C)c4)nc(-c4ccccc4)n3)ccc21. The van der Waals surface area contributed by atoms with Crippen LogP contribution < -0.4 is 0 Å². The lowest BCUT2D eigenvalue weighted by Crippen LogP contribution is -2.14. The summed E-state index contributed by atoms with van der Waals surface area (Å²) in [4.78, 5) is 10.6. The zero-order valence-electron chi connectivity index (χ0n) is 33.2. The second-order valence-electron chi connectivity index (χ2n) is 17.0. The lowest BCUT2D eigenvalue weighted by molar-refractivity contribution is 0.660. The van der Waals surface area contributed by atoms with Crippen molar-refractivity contribution in [1.82, 2.24) is 9.97 Å². The molecular weight excluding hydrogens is 701 g/mol. The fourth-order valence-electron chi connectivity index (χ4n) is 9.85. The lowest BCUT2D eigenvalue weighted by atomic mass is 9.81. The number of rotatable bonds is 5. The molecule has 0 aliphatic heterocycles. The minimum atomic E-state index is -0.111. The van der Waals surface area contributed by atoms with Crippen molar-refractivity contribution in [1.29, 1.82) is 0 Å². The van der Waals surface area contributed by atoms with Crippen molar-refractivity contribution in [3.05, 3.63) is 204 Å². The first kappa shape index (κ1) is 34.4. The molecule has 1 heterocycles. The molecule has 8 aromatic carbocycles. The first-order valence-corrected chi connectivity index (χ1v) is 20.3. The van der Waals surface area contributed by atoms with Gasteiger partial charge in [0.15, 0.2) is 5.82 Å². The molecule has 1 aromatic heterocycles. The van der Waals surface area contributed by atoms with Crippen molar-refractivity contribution in [3.63, 3.8) is 0 Å². The van der Waals surface area contributed by atoms with Gasteiger partial charge in [-0.25, -0.2) is 9.97 Å². The average molecular weight is 743 g/mol. The molecule has 0 unspecified atom stereocenters. The Morgan fingerprint density at radius 3 is 1.71 bits per heavy atom. The van der Waals surface area contributed by atoms with Crippen LogP contribution in [0, 0.1) is 0 Å². The minimum Gasteiger partial charge on any atom is -0.228 e. The van der Waals surface area contributed by atoms with E-state index in [9.17, 15) is 0 Å². The van der Waals surface area contributed by atoms with Crippen LogP contribution in [-0.4, -0.2) is 9.97 Å². The largest absolute Gasteiger partial charge is 0.228 e. The summed E-state index contributed by atoms with van der Waals surface area (Å²) in [7, 11) is 0. The van der Waals surface area contributed by atoms with E-state index >= 15 is 0 Å². The molecule has 0 bridgehead atoms. The standard InChI is InChI=1S/C56H42N2/c1-55(2)47-26-13-12-23-43(47)45-32-39(28-29-48(45)55)41-22-10-11-24-44(41)52-34-51(57-54(58-52)35-16-6-5-7-17-35)40-21-14-20-38(30-40)42-25-15-27-49-53(42)46-31-36-18-8-9-19-37(36)33-50(46)56(49,3)4/h5-34H,1-4H3. The van der Waals surface area contributed by atoms with Gasteiger partial charge >= 0.3 is 0 Å². The maximum Gasteiger partial charge on any atom is 0.160 e. The second-order valence-corrected chi connectivity index (χ2v) is 17.0. The highest BCUT2D eigenvalue weighted by molar-refractivity contribution is 5.99. The van der Waals surface area contributed by atoms with Gasteiger partial charge in [0.2, 0.25) is 0 Å². The van der Waals surface area contributed by atoms with E-state index in [1.54, 1.807) is 0 Å². The molecule has 276 valence electrons. The highest BCUT2D eigenvalue weighted by atomic mass is 14.9. The van der Waals surface area contributed by atoms with Gasteiger partial charge < -0.3 is 0 Å². The van der Waals surface area contributed by atoms with Crippen LogP contribution in [0.5, 0.6) is 0 Å². The molecule has 0 radical (unpaired) electrons. The van der Waals surface area contributed by atoms with Crippen molar-refractivity contribution in [2.45, 2.75) is 38.5 Å². The molecular formula is C56H42N2. The molecule has 2 heteroatoms. The molecule has 2 aliphatic carbocycles. The van der Waals surface area contributed by atoms with Crippen molar-refractivity contribution < 1.29 is 0 Å². The molecule has 0 atom stereocenters. The van der Waals surface area contributed by atoms with Gasteiger partial charge in [-0.1, -0.05) is 179 Å². The summed E-state index contributed by atoms with van der Waals surface area (Å²) in [5, 5.41) is 2.55. The molecule has 0 N–H and O–H groups in total. The average Bonchev–Trinajstić information content (AvgIpc) is 3.64. The van der Waals surface area contributed by atoms with E-state index < -0.39 is 0 Å². The van der Waals surface area contributed by atoms with Gasteiger partial charge in [0.25, 0.3) is 0 Å².